The molecule has 1 aliphatic carbocycles. The second-order valence-corrected chi connectivity index (χ2v) is 9.48. The smallest absolute Gasteiger partial charge is 0.338 e. The number of benzene rings is 1. The Morgan fingerprint density at radius 1 is 1.21 bits per heavy atom. The van der Waals surface area contributed by atoms with E-state index < -0.39 is 22.1 Å². The number of hydrogen-bond acceptors (Lipinski definition) is 5. The number of nitrogens with zero attached hydrogens (tertiary/aromatic N) is 1. The lowest BCUT2D eigenvalue weighted by Gasteiger charge is -2.30. The Hall–Kier alpha value is -1.93. The van der Waals surface area contributed by atoms with E-state index >= 15 is 0 Å². The Morgan fingerprint density at radius 2 is 1.86 bits per heavy atom. The highest BCUT2D eigenvalue weighted by Gasteiger charge is 2.27. The summed E-state index contributed by atoms with van der Waals surface area (Å²) in [5.41, 5.74) is 0.101. The van der Waals surface area contributed by atoms with E-state index in [0.29, 0.717) is 19.0 Å². The van der Waals surface area contributed by atoms with Crippen LogP contribution in [0.1, 0.15) is 63.7 Å². The molecule has 0 saturated heterocycles. The second-order valence-electron chi connectivity index (χ2n) is 7.54. The van der Waals surface area contributed by atoms with E-state index in [4.69, 9.17) is 4.74 Å². The lowest BCUT2D eigenvalue weighted by atomic mass is 9.86. The molecule has 7 nitrogen and oxygen atoms in total. The number of sulfonamides is 1. The highest BCUT2D eigenvalue weighted by atomic mass is 32.2. The fraction of sp³-hybridized carbons (Fsp3) is 0.619. The van der Waals surface area contributed by atoms with E-state index in [2.05, 4.69) is 12.2 Å². The van der Waals surface area contributed by atoms with Gasteiger partial charge in [0.25, 0.3) is 5.91 Å². The predicted molar refractivity (Wildman–Crippen MR) is 111 cm³/mol. The summed E-state index contributed by atoms with van der Waals surface area (Å²) in [6, 6.07) is 5.83. The monoisotopic (exact) mass is 424 g/mol. The van der Waals surface area contributed by atoms with Crippen LogP contribution in [0.5, 0.6) is 0 Å². The predicted octanol–water partition coefficient (Wildman–Crippen LogP) is 2.96. The summed E-state index contributed by atoms with van der Waals surface area (Å²) in [7, 11) is -3.68. The number of carbonyl (C=O) groups excluding carboxylic acids is 2. The number of amides is 1. The molecule has 1 saturated carbocycles. The summed E-state index contributed by atoms with van der Waals surface area (Å²) in [5.74, 6) is -0.650. The quantitative estimate of drug-likeness (QED) is 0.648. The second kappa shape index (κ2) is 10.2. The Kier molecular flexibility index (Phi) is 8.22. The van der Waals surface area contributed by atoms with Crippen LogP contribution in [0.15, 0.2) is 29.2 Å². The molecule has 1 aromatic rings. The van der Waals surface area contributed by atoms with E-state index in [1.165, 1.54) is 41.9 Å². The van der Waals surface area contributed by atoms with E-state index in [1.807, 2.05) is 0 Å². The molecule has 162 valence electrons. The molecule has 29 heavy (non-hydrogen) atoms. The average Bonchev–Trinajstić information content (AvgIpc) is 2.70. The zero-order valence-corrected chi connectivity index (χ0v) is 18.5. The van der Waals surface area contributed by atoms with Gasteiger partial charge < -0.3 is 10.1 Å². The van der Waals surface area contributed by atoms with Gasteiger partial charge >= 0.3 is 5.97 Å². The first-order chi connectivity index (χ1) is 13.7. The van der Waals surface area contributed by atoms with Crippen molar-refractivity contribution < 1.29 is 22.7 Å². The Morgan fingerprint density at radius 3 is 2.48 bits per heavy atom. The normalized spacial score (nSPS) is 20.9. The van der Waals surface area contributed by atoms with Gasteiger partial charge in [-0.05, 0) is 43.9 Å². The van der Waals surface area contributed by atoms with E-state index in [9.17, 15) is 18.0 Å². The summed E-state index contributed by atoms with van der Waals surface area (Å²) >= 11 is 0. The maximum Gasteiger partial charge on any atom is 0.338 e. The summed E-state index contributed by atoms with van der Waals surface area (Å²) in [6.07, 6.45) is 3.30. The summed E-state index contributed by atoms with van der Waals surface area (Å²) in [4.78, 5) is 25.0. The number of carbonyl (C=O) groups is 2. The van der Waals surface area contributed by atoms with Gasteiger partial charge in [0.05, 0.1) is 10.5 Å². The highest BCUT2D eigenvalue weighted by molar-refractivity contribution is 7.89. The van der Waals surface area contributed by atoms with Crippen molar-refractivity contribution in [1.29, 1.82) is 0 Å². The molecule has 1 aliphatic rings. The van der Waals surface area contributed by atoms with Crippen LogP contribution in [0.4, 0.5) is 0 Å². The van der Waals surface area contributed by atoms with Crippen molar-refractivity contribution >= 4 is 21.9 Å². The largest absolute Gasteiger partial charge is 0.449 e. The van der Waals surface area contributed by atoms with Gasteiger partial charge in [0, 0.05) is 19.1 Å². The molecule has 0 unspecified atom stereocenters. The number of ether oxygens (including phenoxy) is 1. The maximum atomic E-state index is 12.7. The molecule has 1 fully saturated rings. The van der Waals surface area contributed by atoms with Crippen molar-refractivity contribution in [2.24, 2.45) is 5.92 Å². The zero-order chi connectivity index (χ0) is 21.6. The van der Waals surface area contributed by atoms with Crippen molar-refractivity contribution in [2.45, 2.75) is 70.4 Å². The van der Waals surface area contributed by atoms with Crippen molar-refractivity contribution in [3.05, 3.63) is 29.8 Å². The Labute approximate surface area is 173 Å². The molecule has 0 radical (unpaired) electrons. The SMILES string of the molecule is CCN(CC)S(=O)(=O)c1cccc(C(=O)O[C@H](C)C(=O)N[C@@H]2CCCC[C@@H]2C)c1. The zero-order valence-electron chi connectivity index (χ0n) is 17.7. The number of esters is 1. The first-order valence-corrected chi connectivity index (χ1v) is 11.8. The first kappa shape index (κ1) is 23.3. The third kappa shape index (κ3) is 5.79. The molecule has 0 spiro atoms. The van der Waals surface area contributed by atoms with E-state index in [-0.39, 0.29) is 22.4 Å². The molecule has 8 heteroatoms. The van der Waals surface area contributed by atoms with E-state index in [0.717, 1.165) is 19.3 Å². The van der Waals surface area contributed by atoms with Gasteiger partial charge in [-0.3, -0.25) is 4.79 Å². The van der Waals surface area contributed by atoms with Crippen LogP contribution in [-0.4, -0.2) is 49.8 Å². The molecule has 1 N–H and O–H groups in total. The molecule has 0 bridgehead atoms. The molecule has 0 heterocycles. The minimum absolute atomic E-state index is 0.0313. The number of hydrogen-bond donors (Lipinski definition) is 1. The fourth-order valence-corrected chi connectivity index (χ4v) is 5.11. The van der Waals surface area contributed by atoms with Crippen LogP contribution in [0.25, 0.3) is 0 Å². The highest BCUT2D eigenvalue weighted by Crippen LogP contribution is 2.24. The van der Waals surface area contributed by atoms with Gasteiger partial charge in [-0.1, -0.05) is 39.7 Å². The molecular formula is C21H32N2O5S. The van der Waals surface area contributed by atoms with Crippen LogP contribution in [0.3, 0.4) is 0 Å². The Balaban J connectivity index is 2.06. The van der Waals surface area contributed by atoms with Crippen LogP contribution in [0, 0.1) is 5.92 Å². The third-order valence-electron chi connectivity index (χ3n) is 5.51. The minimum atomic E-state index is -3.68. The van der Waals surface area contributed by atoms with Crippen LogP contribution < -0.4 is 5.32 Å². The minimum Gasteiger partial charge on any atom is -0.449 e. The molecule has 1 amide bonds. The molecule has 3 atom stereocenters. The lowest BCUT2D eigenvalue weighted by Crippen LogP contribution is -2.46. The van der Waals surface area contributed by atoms with Crippen LogP contribution >= 0.6 is 0 Å². The first-order valence-electron chi connectivity index (χ1n) is 10.3. The van der Waals surface area contributed by atoms with Gasteiger partial charge in [0.15, 0.2) is 6.10 Å². The van der Waals surface area contributed by atoms with Gasteiger partial charge in [-0.15, -0.1) is 0 Å². The van der Waals surface area contributed by atoms with Crippen molar-refractivity contribution in [3.8, 4) is 0 Å². The van der Waals surface area contributed by atoms with Crippen molar-refractivity contribution in [1.82, 2.24) is 9.62 Å². The topological polar surface area (TPSA) is 92.8 Å². The summed E-state index contributed by atoms with van der Waals surface area (Å²) in [6.45, 7) is 7.83. The fourth-order valence-electron chi connectivity index (χ4n) is 3.61. The third-order valence-corrected chi connectivity index (χ3v) is 7.55. The molecule has 0 aromatic heterocycles. The Bertz CT molecular complexity index is 820. The summed E-state index contributed by atoms with van der Waals surface area (Å²) < 4.78 is 31.9. The average molecular weight is 425 g/mol. The van der Waals surface area contributed by atoms with Gasteiger partial charge in [0.1, 0.15) is 0 Å². The van der Waals surface area contributed by atoms with Crippen molar-refractivity contribution in [3.63, 3.8) is 0 Å². The standard InChI is InChI=1S/C21H32N2O5S/c1-5-23(6-2)29(26,27)18-12-9-11-17(14-18)21(25)28-16(4)20(24)22-19-13-8-7-10-15(19)3/h9,11-12,14-16,19H,5-8,10,13H2,1-4H3,(H,22,24)/t15-,16+,19+/m0/s1. The van der Waals surface area contributed by atoms with E-state index in [1.54, 1.807) is 13.8 Å². The molecular weight excluding hydrogens is 392 g/mol. The maximum absolute atomic E-state index is 12.7. The lowest BCUT2D eigenvalue weighted by molar-refractivity contribution is -0.130. The number of rotatable bonds is 8. The molecule has 0 aliphatic heterocycles. The van der Waals surface area contributed by atoms with Gasteiger partial charge in [-0.2, -0.15) is 4.31 Å². The van der Waals surface area contributed by atoms with Crippen LogP contribution in [-0.2, 0) is 19.6 Å². The van der Waals surface area contributed by atoms with Gasteiger partial charge in [0.2, 0.25) is 10.0 Å². The number of nitrogens with one attached hydrogen (secondary N) is 1. The van der Waals surface area contributed by atoms with Gasteiger partial charge in [-0.25, -0.2) is 13.2 Å². The van der Waals surface area contributed by atoms with Crippen molar-refractivity contribution in [2.75, 3.05) is 13.1 Å². The summed E-state index contributed by atoms with van der Waals surface area (Å²) in [5, 5.41) is 2.97. The molecule has 1 aromatic carbocycles. The van der Waals surface area contributed by atoms with Crippen LogP contribution in [0.2, 0.25) is 0 Å². The molecule has 2 rings (SSSR count).